The van der Waals surface area contributed by atoms with Gasteiger partial charge < -0.3 is 14.4 Å². The molecule has 2 aliphatic heterocycles. The fraction of sp³-hybridized carbons (Fsp3) is 0.474. The number of nitrogens with zero attached hydrogens (tertiary/aromatic N) is 2. The molecule has 156 valence electrons. The highest BCUT2D eigenvalue weighted by atomic mass is 16.6. The lowest BCUT2D eigenvalue weighted by molar-refractivity contribution is -0.157. The third-order valence-corrected chi connectivity index (χ3v) is 4.09. The van der Waals surface area contributed by atoms with E-state index in [1.54, 1.807) is 6.92 Å². The maximum absolute atomic E-state index is 11.9. The fourth-order valence-corrected chi connectivity index (χ4v) is 2.77. The van der Waals surface area contributed by atoms with Gasteiger partial charge in [-0.3, -0.25) is 33.7 Å². The number of rotatable bonds is 9. The van der Waals surface area contributed by atoms with Crippen molar-refractivity contribution in [1.82, 2.24) is 9.80 Å². The Morgan fingerprint density at radius 3 is 1.86 bits per heavy atom. The zero-order chi connectivity index (χ0) is 21.6. The van der Waals surface area contributed by atoms with Crippen molar-refractivity contribution in [1.29, 1.82) is 0 Å². The molecule has 0 aromatic heterocycles. The number of esters is 2. The number of ether oxygens (including phenoxy) is 2. The van der Waals surface area contributed by atoms with Crippen molar-refractivity contribution in [2.75, 3.05) is 19.6 Å². The summed E-state index contributed by atoms with van der Waals surface area (Å²) < 4.78 is 10.2. The summed E-state index contributed by atoms with van der Waals surface area (Å²) >= 11 is 0. The van der Waals surface area contributed by atoms with E-state index in [0.29, 0.717) is 0 Å². The lowest BCUT2D eigenvalue weighted by atomic mass is 10.2. The van der Waals surface area contributed by atoms with Gasteiger partial charge in [0.2, 0.25) is 5.91 Å². The van der Waals surface area contributed by atoms with Crippen LogP contribution in [0, 0.1) is 0 Å². The van der Waals surface area contributed by atoms with E-state index in [1.165, 1.54) is 17.9 Å². The Kier molecular flexibility index (Phi) is 7.40. The number of imide groups is 1. The quantitative estimate of drug-likeness (QED) is 0.371. The summed E-state index contributed by atoms with van der Waals surface area (Å²) in [5.41, 5.74) is 0. The molecule has 0 radical (unpaired) electrons. The Morgan fingerprint density at radius 2 is 1.31 bits per heavy atom. The largest absolute Gasteiger partial charge is 0.461 e. The topological polar surface area (TPSA) is 127 Å². The van der Waals surface area contributed by atoms with Gasteiger partial charge in [-0.2, -0.15) is 0 Å². The Hall–Kier alpha value is -3.30. The molecule has 3 amide bonds. The Labute approximate surface area is 167 Å². The first kappa shape index (κ1) is 22.0. The van der Waals surface area contributed by atoms with Gasteiger partial charge >= 0.3 is 11.9 Å². The van der Waals surface area contributed by atoms with E-state index in [-0.39, 0.29) is 44.2 Å². The molecule has 2 aliphatic rings. The fourth-order valence-electron chi connectivity index (χ4n) is 2.77. The number of carbonyl (C=O) groups excluding carboxylic acids is 6. The maximum Gasteiger partial charge on any atom is 0.306 e. The molecule has 2 rings (SSSR count). The van der Waals surface area contributed by atoms with Crippen LogP contribution in [0.15, 0.2) is 24.3 Å². The molecule has 0 saturated heterocycles. The Balaban J connectivity index is 1.67. The minimum atomic E-state index is -0.721. The lowest BCUT2D eigenvalue weighted by Crippen LogP contribution is -2.42. The predicted molar refractivity (Wildman–Crippen MR) is 96.9 cm³/mol. The van der Waals surface area contributed by atoms with Crippen molar-refractivity contribution in [3.8, 4) is 0 Å². The lowest BCUT2D eigenvalue weighted by Gasteiger charge is -2.25. The van der Waals surface area contributed by atoms with Gasteiger partial charge in [0.25, 0.3) is 11.8 Å². The van der Waals surface area contributed by atoms with Crippen LogP contribution in [-0.4, -0.2) is 77.1 Å². The van der Waals surface area contributed by atoms with Crippen LogP contribution < -0.4 is 0 Å². The van der Waals surface area contributed by atoms with Gasteiger partial charge in [0.15, 0.2) is 5.78 Å². The molecule has 0 aliphatic carbocycles. The monoisotopic (exact) mass is 406 g/mol. The molecule has 0 bridgehead atoms. The summed E-state index contributed by atoms with van der Waals surface area (Å²) in [6.45, 7) is 3.02. The number of ketones is 1. The SMILES string of the molecule is CC(CN1CC(=O)C=CC1=O)OC(=O)CCC(=O)OC(C)CN1C(=O)C=CC1=O. The minimum Gasteiger partial charge on any atom is -0.461 e. The second-order valence-electron chi connectivity index (χ2n) is 6.74. The van der Waals surface area contributed by atoms with E-state index in [9.17, 15) is 28.8 Å². The first-order chi connectivity index (χ1) is 13.7. The summed E-state index contributed by atoms with van der Waals surface area (Å²) in [6, 6.07) is 0. The zero-order valence-corrected chi connectivity index (χ0v) is 16.2. The summed E-state index contributed by atoms with van der Waals surface area (Å²) in [7, 11) is 0. The van der Waals surface area contributed by atoms with Crippen LogP contribution in [0.3, 0.4) is 0 Å². The molecule has 0 aromatic rings. The van der Waals surface area contributed by atoms with E-state index < -0.39 is 36.0 Å². The van der Waals surface area contributed by atoms with Gasteiger partial charge in [0.1, 0.15) is 12.2 Å². The molecule has 2 unspecified atom stereocenters. The summed E-state index contributed by atoms with van der Waals surface area (Å²) in [5, 5.41) is 0. The number of hydrogen-bond donors (Lipinski definition) is 0. The first-order valence-electron chi connectivity index (χ1n) is 9.08. The van der Waals surface area contributed by atoms with Crippen LogP contribution in [0.1, 0.15) is 26.7 Å². The van der Waals surface area contributed by atoms with E-state index >= 15 is 0 Å². The molecule has 0 N–H and O–H groups in total. The zero-order valence-electron chi connectivity index (χ0n) is 16.2. The van der Waals surface area contributed by atoms with E-state index in [0.717, 1.165) is 23.1 Å². The van der Waals surface area contributed by atoms with E-state index in [4.69, 9.17) is 9.47 Å². The number of carbonyl (C=O) groups is 6. The standard InChI is InChI=1S/C19H22N2O8/c1-12(9-20-11-14(22)3-4-15(20)23)28-18(26)7-8-19(27)29-13(2)10-21-16(24)5-6-17(21)25/h3-6,12-13H,7-11H2,1-2H3. The third kappa shape index (κ3) is 6.66. The Morgan fingerprint density at radius 1 is 0.828 bits per heavy atom. The van der Waals surface area contributed by atoms with Crippen molar-refractivity contribution in [3.05, 3.63) is 24.3 Å². The van der Waals surface area contributed by atoms with Gasteiger partial charge in [-0.15, -0.1) is 0 Å². The minimum absolute atomic E-state index is 0.0636. The van der Waals surface area contributed by atoms with Crippen molar-refractivity contribution in [3.63, 3.8) is 0 Å². The number of amides is 3. The van der Waals surface area contributed by atoms with Gasteiger partial charge in [-0.05, 0) is 19.9 Å². The highest BCUT2D eigenvalue weighted by molar-refractivity contribution is 6.12. The Bertz CT molecular complexity index is 767. The highest BCUT2D eigenvalue weighted by Gasteiger charge is 2.26. The first-order valence-corrected chi connectivity index (χ1v) is 9.08. The van der Waals surface area contributed by atoms with Crippen molar-refractivity contribution in [2.45, 2.75) is 38.9 Å². The molecule has 2 atom stereocenters. The van der Waals surface area contributed by atoms with Crippen molar-refractivity contribution < 1.29 is 38.2 Å². The molecule has 0 saturated carbocycles. The predicted octanol–water partition coefficient (Wildman–Crippen LogP) is -0.477. The maximum atomic E-state index is 11.9. The molecular weight excluding hydrogens is 384 g/mol. The molecule has 0 fully saturated rings. The molecule has 0 aromatic carbocycles. The normalized spacial score (nSPS) is 18.3. The molecule has 29 heavy (non-hydrogen) atoms. The average Bonchev–Trinajstić information content (AvgIpc) is 2.95. The molecular formula is C19H22N2O8. The van der Waals surface area contributed by atoms with Crippen LogP contribution in [0.5, 0.6) is 0 Å². The molecule has 0 spiro atoms. The second kappa shape index (κ2) is 9.76. The summed E-state index contributed by atoms with van der Waals surface area (Å²) in [5.74, 6) is -2.82. The van der Waals surface area contributed by atoms with Crippen LogP contribution in [0.2, 0.25) is 0 Å². The van der Waals surface area contributed by atoms with Crippen molar-refractivity contribution >= 4 is 35.4 Å². The summed E-state index contributed by atoms with van der Waals surface area (Å²) in [4.78, 5) is 71.9. The number of hydrogen-bond acceptors (Lipinski definition) is 8. The van der Waals surface area contributed by atoms with Crippen LogP contribution in [0.25, 0.3) is 0 Å². The molecule has 2 heterocycles. The highest BCUT2D eigenvalue weighted by Crippen LogP contribution is 2.09. The van der Waals surface area contributed by atoms with Gasteiger partial charge in [-0.25, -0.2) is 0 Å². The van der Waals surface area contributed by atoms with Gasteiger partial charge in [0, 0.05) is 18.2 Å². The average molecular weight is 406 g/mol. The van der Waals surface area contributed by atoms with Crippen LogP contribution in [-0.2, 0) is 38.2 Å². The van der Waals surface area contributed by atoms with Gasteiger partial charge in [-0.1, -0.05) is 0 Å². The second-order valence-corrected chi connectivity index (χ2v) is 6.74. The van der Waals surface area contributed by atoms with E-state index in [1.807, 2.05) is 0 Å². The van der Waals surface area contributed by atoms with Gasteiger partial charge in [0.05, 0.1) is 32.5 Å². The van der Waals surface area contributed by atoms with Crippen LogP contribution >= 0.6 is 0 Å². The summed E-state index contributed by atoms with van der Waals surface area (Å²) in [6.07, 6.45) is 2.80. The molecule has 10 heteroatoms. The van der Waals surface area contributed by atoms with E-state index in [2.05, 4.69) is 0 Å². The third-order valence-electron chi connectivity index (χ3n) is 4.09. The van der Waals surface area contributed by atoms with Crippen molar-refractivity contribution in [2.24, 2.45) is 0 Å². The molecule has 10 nitrogen and oxygen atoms in total. The smallest absolute Gasteiger partial charge is 0.306 e. The van der Waals surface area contributed by atoms with Crippen LogP contribution in [0.4, 0.5) is 0 Å².